The molecular weight excluding hydrogens is 301 g/mol. The van der Waals surface area contributed by atoms with Crippen molar-refractivity contribution in [2.45, 2.75) is 26.4 Å². The van der Waals surface area contributed by atoms with E-state index in [9.17, 15) is 4.79 Å². The Labute approximate surface area is 132 Å². The lowest BCUT2D eigenvalue weighted by molar-refractivity contribution is 0.0530. The highest BCUT2D eigenvalue weighted by Gasteiger charge is 2.15. The summed E-state index contributed by atoms with van der Waals surface area (Å²) in [6, 6.07) is 7.46. The number of hydrogen-bond acceptors (Lipinski definition) is 4. The molecule has 0 aliphatic heterocycles. The van der Waals surface area contributed by atoms with Crippen LogP contribution >= 0.6 is 24.8 Å². The van der Waals surface area contributed by atoms with Crippen molar-refractivity contribution in [2.75, 3.05) is 24.1 Å². The quantitative estimate of drug-likeness (QED) is 0.588. The van der Waals surface area contributed by atoms with Crippen LogP contribution in [0.2, 0.25) is 0 Å². The smallest absolute Gasteiger partial charge is 0.407 e. The molecule has 0 atom stereocenters. The molecule has 0 saturated heterocycles. The topological polar surface area (TPSA) is 76.4 Å². The lowest BCUT2D eigenvalue weighted by atomic mass is 10.2. The molecule has 7 heteroatoms. The molecule has 0 aromatic heterocycles. The molecule has 0 aliphatic carbocycles. The SMILES string of the molecule is CC(C)(C)OC(=O)NCCNc1cccc(N)c1.Cl.Cl. The minimum absolute atomic E-state index is 0. The maximum absolute atomic E-state index is 11.3. The fourth-order valence-electron chi connectivity index (χ4n) is 1.33. The third kappa shape index (κ3) is 9.58. The first kappa shape index (κ1) is 21.0. The average molecular weight is 324 g/mol. The Morgan fingerprint density at radius 3 is 2.45 bits per heavy atom. The average Bonchev–Trinajstić information content (AvgIpc) is 2.22. The molecule has 0 heterocycles. The Morgan fingerprint density at radius 1 is 1.25 bits per heavy atom. The van der Waals surface area contributed by atoms with Gasteiger partial charge < -0.3 is 21.1 Å². The highest BCUT2D eigenvalue weighted by atomic mass is 35.5. The van der Waals surface area contributed by atoms with E-state index in [2.05, 4.69) is 10.6 Å². The van der Waals surface area contributed by atoms with E-state index < -0.39 is 11.7 Å². The number of carbonyl (C=O) groups is 1. The van der Waals surface area contributed by atoms with Crippen LogP contribution in [0.3, 0.4) is 0 Å². The largest absolute Gasteiger partial charge is 0.444 e. The van der Waals surface area contributed by atoms with Crippen molar-refractivity contribution in [2.24, 2.45) is 0 Å². The summed E-state index contributed by atoms with van der Waals surface area (Å²) in [6.45, 7) is 6.60. The number of ether oxygens (including phenoxy) is 1. The van der Waals surface area contributed by atoms with Crippen LogP contribution in [0.1, 0.15) is 20.8 Å². The Balaban J connectivity index is 0. The molecule has 5 nitrogen and oxygen atoms in total. The fraction of sp³-hybridized carbons (Fsp3) is 0.462. The number of nitrogens with one attached hydrogen (secondary N) is 2. The van der Waals surface area contributed by atoms with Gasteiger partial charge in [-0.05, 0) is 39.0 Å². The normalized spacial score (nSPS) is 9.75. The van der Waals surface area contributed by atoms with Crippen molar-refractivity contribution >= 4 is 42.3 Å². The number of halogens is 2. The van der Waals surface area contributed by atoms with Crippen molar-refractivity contribution in [1.29, 1.82) is 0 Å². The highest BCUT2D eigenvalue weighted by molar-refractivity contribution is 5.85. The predicted octanol–water partition coefficient (Wildman–Crippen LogP) is 3.05. The van der Waals surface area contributed by atoms with E-state index in [1.807, 2.05) is 45.0 Å². The van der Waals surface area contributed by atoms with E-state index in [0.29, 0.717) is 18.8 Å². The van der Waals surface area contributed by atoms with Gasteiger partial charge >= 0.3 is 6.09 Å². The number of benzene rings is 1. The zero-order valence-corrected chi connectivity index (χ0v) is 13.6. The van der Waals surface area contributed by atoms with Crippen LogP contribution in [-0.4, -0.2) is 24.8 Å². The molecule has 20 heavy (non-hydrogen) atoms. The van der Waals surface area contributed by atoms with Crippen LogP contribution in [0.4, 0.5) is 16.2 Å². The number of anilines is 2. The van der Waals surface area contributed by atoms with Gasteiger partial charge in [-0.1, -0.05) is 6.07 Å². The zero-order valence-electron chi connectivity index (χ0n) is 11.9. The Bertz CT molecular complexity index is 409. The predicted molar refractivity (Wildman–Crippen MR) is 88.1 cm³/mol. The number of hydrogen-bond donors (Lipinski definition) is 3. The molecule has 116 valence electrons. The second-order valence-electron chi connectivity index (χ2n) is 4.98. The van der Waals surface area contributed by atoms with Crippen molar-refractivity contribution in [3.8, 4) is 0 Å². The van der Waals surface area contributed by atoms with E-state index in [4.69, 9.17) is 10.5 Å². The molecular formula is C13H23Cl2N3O2. The van der Waals surface area contributed by atoms with E-state index >= 15 is 0 Å². The molecule has 0 spiro atoms. The van der Waals surface area contributed by atoms with Gasteiger partial charge in [0.25, 0.3) is 0 Å². The van der Waals surface area contributed by atoms with Crippen molar-refractivity contribution in [1.82, 2.24) is 5.32 Å². The summed E-state index contributed by atoms with van der Waals surface area (Å²) < 4.78 is 5.11. The number of amides is 1. The highest BCUT2D eigenvalue weighted by Crippen LogP contribution is 2.11. The summed E-state index contributed by atoms with van der Waals surface area (Å²) in [5.74, 6) is 0. The van der Waals surface area contributed by atoms with Crippen molar-refractivity contribution in [3.63, 3.8) is 0 Å². The van der Waals surface area contributed by atoms with Gasteiger partial charge in [-0.15, -0.1) is 24.8 Å². The molecule has 4 N–H and O–H groups in total. The summed E-state index contributed by atoms with van der Waals surface area (Å²) in [7, 11) is 0. The number of rotatable bonds is 4. The number of nitrogens with two attached hydrogens (primary N) is 1. The minimum atomic E-state index is -0.467. The molecule has 1 aromatic rings. The minimum Gasteiger partial charge on any atom is -0.444 e. The molecule has 0 aliphatic rings. The fourth-order valence-corrected chi connectivity index (χ4v) is 1.33. The van der Waals surface area contributed by atoms with Crippen molar-refractivity contribution in [3.05, 3.63) is 24.3 Å². The Morgan fingerprint density at radius 2 is 1.90 bits per heavy atom. The first-order valence-corrected chi connectivity index (χ1v) is 5.93. The Kier molecular flexibility index (Phi) is 10.0. The van der Waals surface area contributed by atoms with Gasteiger partial charge in [-0.25, -0.2) is 4.79 Å². The molecule has 1 rings (SSSR count). The zero-order chi connectivity index (χ0) is 13.6. The second-order valence-corrected chi connectivity index (χ2v) is 4.98. The number of carbonyl (C=O) groups excluding carboxylic acids is 1. The summed E-state index contributed by atoms with van der Waals surface area (Å²) in [4.78, 5) is 11.3. The first-order chi connectivity index (χ1) is 8.37. The molecule has 0 bridgehead atoms. The van der Waals surface area contributed by atoms with Crippen LogP contribution in [-0.2, 0) is 4.74 Å². The summed E-state index contributed by atoms with van der Waals surface area (Å²) in [5.41, 5.74) is 6.82. The summed E-state index contributed by atoms with van der Waals surface area (Å²) >= 11 is 0. The third-order valence-corrected chi connectivity index (χ3v) is 2.01. The summed E-state index contributed by atoms with van der Waals surface area (Å²) in [5, 5.41) is 5.82. The van der Waals surface area contributed by atoms with Gasteiger partial charge in [-0.2, -0.15) is 0 Å². The first-order valence-electron chi connectivity index (χ1n) is 5.93. The maximum atomic E-state index is 11.3. The van der Waals surface area contributed by atoms with Gasteiger partial charge in [0.05, 0.1) is 0 Å². The van der Waals surface area contributed by atoms with Gasteiger partial charge in [-0.3, -0.25) is 0 Å². The summed E-state index contributed by atoms with van der Waals surface area (Å²) in [6.07, 6.45) is -0.406. The standard InChI is InChI=1S/C13H21N3O2.2ClH/c1-13(2,3)18-12(17)16-8-7-15-11-6-4-5-10(14)9-11;;/h4-6,9,15H,7-8,14H2,1-3H3,(H,16,17);2*1H. The van der Waals surface area contributed by atoms with Gasteiger partial charge in [0, 0.05) is 24.5 Å². The molecule has 0 fully saturated rings. The Hall–Kier alpha value is -1.33. The number of alkyl carbamates (subject to hydrolysis) is 1. The molecule has 1 aromatic carbocycles. The van der Waals surface area contributed by atoms with E-state index in [-0.39, 0.29) is 24.8 Å². The monoisotopic (exact) mass is 323 g/mol. The van der Waals surface area contributed by atoms with Crippen LogP contribution < -0.4 is 16.4 Å². The van der Waals surface area contributed by atoms with Crippen LogP contribution in [0.25, 0.3) is 0 Å². The van der Waals surface area contributed by atoms with Crippen LogP contribution in [0.15, 0.2) is 24.3 Å². The van der Waals surface area contributed by atoms with E-state index in [1.54, 1.807) is 0 Å². The van der Waals surface area contributed by atoms with Crippen LogP contribution in [0, 0.1) is 0 Å². The third-order valence-electron chi connectivity index (χ3n) is 2.01. The van der Waals surface area contributed by atoms with Crippen molar-refractivity contribution < 1.29 is 9.53 Å². The molecule has 1 amide bonds. The maximum Gasteiger partial charge on any atom is 0.407 e. The van der Waals surface area contributed by atoms with Gasteiger partial charge in [0.15, 0.2) is 0 Å². The molecule has 0 radical (unpaired) electrons. The lowest BCUT2D eigenvalue weighted by Gasteiger charge is -2.19. The lowest BCUT2D eigenvalue weighted by Crippen LogP contribution is -2.34. The molecule has 0 unspecified atom stereocenters. The molecule has 0 saturated carbocycles. The van der Waals surface area contributed by atoms with Crippen LogP contribution in [0.5, 0.6) is 0 Å². The second kappa shape index (κ2) is 9.55. The van der Waals surface area contributed by atoms with E-state index in [0.717, 1.165) is 5.69 Å². The number of nitrogen functional groups attached to an aromatic ring is 1. The van der Waals surface area contributed by atoms with Gasteiger partial charge in [0.1, 0.15) is 5.60 Å². The van der Waals surface area contributed by atoms with Gasteiger partial charge in [0.2, 0.25) is 0 Å². The van der Waals surface area contributed by atoms with E-state index in [1.165, 1.54) is 0 Å².